The molecule has 1 aliphatic heterocycles. The molecule has 0 aliphatic carbocycles. The van der Waals surface area contributed by atoms with Crippen LogP contribution in [0.2, 0.25) is 0 Å². The second-order valence-electron chi connectivity index (χ2n) is 4.75. The van der Waals surface area contributed by atoms with Crippen LogP contribution in [0.5, 0.6) is 11.5 Å². The van der Waals surface area contributed by atoms with Gasteiger partial charge in [-0.15, -0.1) is 0 Å². The third-order valence-corrected chi connectivity index (χ3v) is 3.35. The molecule has 0 aromatic heterocycles. The molecule has 1 saturated heterocycles. The predicted molar refractivity (Wildman–Crippen MR) is 76.4 cm³/mol. The average Bonchev–Trinajstić information content (AvgIpc) is 2.93. The first kappa shape index (κ1) is 15.0. The highest BCUT2D eigenvalue weighted by molar-refractivity contribution is 5.90. The van der Waals surface area contributed by atoms with Gasteiger partial charge in [-0.3, -0.25) is 4.79 Å². The Morgan fingerprint density at radius 2 is 2.14 bits per heavy atom. The van der Waals surface area contributed by atoms with Crippen molar-refractivity contribution in [2.24, 2.45) is 0 Å². The molecule has 2 rings (SSSR count). The van der Waals surface area contributed by atoms with Crippen LogP contribution in [0.3, 0.4) is 0 Å². The van der Waals surface area contributed by atoms with Crippen LogP contribution in [0.4, 0.5) is 4.79 Å². The number of amides is 3. The molecule has 114 valence electrons. The minimum Gasteiger partial charge on any atom is -0.497 e. The van der Waals surface area contributed by atoms with Crippen molar-refractivity contribution in [1.29, 1.82) is 0 Å². The number of rotatable bonds is 5. The van der Waals surface area contributed by atoms with E-state index in [-0.39, 0.29) is 24.5 Å². The standard InChI is InChI=1S/C14H19N3O4/c1-8(16-13(18)11-7-15-14(19)17-11)10-6-9(20-2)4-5-12(10)21-3/h4-6,8,11H,7H2,1-3H3,(H,16,18)(H2,15,17,19)/t8-,11-/m1/s1. The summed E-state index contributed by atoms with van der Waals surface area (Å²) >= 11 is 0. The van der Waals surface area contributed by atoms with Crippen molar-refractivity contribution in [2.75, 3.05) is 20.8 Å². The number of carbonyl (C=O) groups is 2. The van der Waals surface area contributed by atoms with Crippen LogP contribution in [0.1, 0.15) is 18.5 Å². The van der Waals surface area contributed by atoms with Gasteiger partial charge in [0.2, 0.25) is 5.91 Å². The topological polar surface area (TPSA) is 88.7 Å². The minimum absolute atomic E-state index is 0.245. The molecular weight excluding hydrogens is 274 g/mol. The predicted octanol–water partition coefficient (Wildman–Crippen LogP) is 0.562. The number of urea groups is 1. The molecule has 1 aromatic rings. The average molecular weight is 293 g/mol. The molecule has 2 atom stereocenters. The summed E-state index contributed by atoms with van der Waals surface area (Å²) in [6, 6.07) is 4.22. The van der Waals surface area contributed by atoms with Gasteiger partial charge in [0.25, 0.3) is 0 Å². The zero-order valence-corrected chi connectivity index (χ0v) is 12.2. The number of hydrogen-bond acceptors (Lipinski definition) is 4. The van der Waals surface area contributed by atoms with Gasteiger partial charge in [-0.2, -0.15) is 0 Å². The molecule has 7 nitrogen and oxygen atoms in total. The van der Waals surface area contributed by atoms with E-state index in [2.05, 4.69) is 16.0 Å². The molecule has 7 heteroatoms. The van der Waals surface area contributed by atoms with Crippen molar-refractivity contribution >= 4 is 11.9 Å². The van der Waals surface area contributed by atoms with Gasteiger partial charge >= 0.3 is 6.03 Å². The zero-order valence-electron chi connectivity index (χ0n) is 12.2. The fraction of sp³-hybridized carbons (Fsp3) is 0.429. The number of hydrogen-bond donors (Lipinski definition) is 3. The lowest BCUT2D eigenvalue weighted by molar-refractivity contribution is -0.123. The van der Waals surface area contributed by atoms with Crippen LogP contribution in [-0.4, -0.2) is 38.7 Å². The molecule has 3 amide bonds. The van der Waals surface area contributed by atoms with Crippen molar-refractivity contribution in [3.05, 3.63) is 23.8 Å². The molecule has 1 aromatic carbocycles. The van der Waals surface area contributed by atoms with Gasteiger partial charge in [0.05, 0.1) is 20.3 Å². The number of carbonyl (C=O) groups excluding carboxylic acids is 2. The third kappa shape index (κ3) is 3.36. The highest BCUT2D eigenvalue weighted by atomic mass is 16.5. The molecule has 0 spiro atoms. The van der Waals surface area contributed by atoms with Crippen LogP contribution in [-0.2, 0) is 4.79 Å². The van der Waals surface area contributed by atoms with E-state index in [1.807, 2.05) is 13.0 Å². The number of ether oxygens (including phenoxy) is 2. The summed E-state index contributed by atoms with van der Waals surface area (Å²) in [5.41, 5.74) is 0.808. The lowest BCUT2D eigenvalue weighted by Gasteiger charge is -2.19. The van der Waals surface area contributed by atoms with E-state index in [0.29, 0.717) is 11.5 Å². The van der Waals surface area contributed by atoms with E-state index in [9.17, 15) is 9.59 Å². The van der Waals surface area contributed by atoms with Gasteiger partial charge in [0, 0.05) is 12.1 Å². The van der Waals surface area contributed by atoms with E-state index in [0.717, 1.165) is 5.56 Å². The Hall–Kier alpha value is -2.44. The Bertz CT molecular complexity index is 547. The highest BCUT2D eigenvalue weighted by Gasteiger charge is 2.28. The van der Waals surface area contributed by atoms with Gasteiger partial charge in [-0.25, -0.2) is 4.79 Å². The zero-order chi connectivity index (χ0) is 15.4. The maximum absolute atomic E-state index is 12.1. The van der Waals surface area contributed by atoms with Crippen molar-refractivity contribution in [1.82, 2.24) is 16.0 Å². The number of benzene rings is 1. The van der Waals surface area contributed by atoms with Crippen molar-refractivity contribution < 1.29 is 19.1 Å². The summed E-state index contributed by atoms with van der Waals surface area (Å²) in [6.45, 7) is 2.13. The molecule has 1 aliphatic rings. The van der Waals surface area contributed by atoms with E-state index >= 15 is 0 Å². The van der Waals surface area contributed by atoms with Gasteiger partial charge < -0.3 is 25.4 Å². The Morgan fingerprint density at radius 1 is 1.38 bits per heavy atom. The second kappa shape index (κ2) is 6.34. The van der Waals surface area contributed by atoms with Crippen LogP contribution >= 0.6 is 0 Å². The normalized spacial score (nSPS) is 18.4. The van der Waals surface area contributed by atoms with Gasteiger partial charge in [0.1, 0.15) is 17.5 Å². The van der Waals surface area contributed by atoms with Crippen LogP contribution in [0.25, 0.3) is 0 Å². The van der Waals surface area contributed by atoms with Crippen LogP contribution in [0, 0.1) is 0 Å². The lowest BCUT2D eigenvalue weighted by atomic mass is 10.1. The van der Waals surface area contributed by atoms with E-state index in [4.69, 9.17) is 9.47 Å². The molecule has 1 fully saturated rings. The van der Waals surface area contributed by atoms with Gasteiger partial charge in [-0.05, 0) is 25.1 Å². The maximum Gasteiger partial charge on any atom is 0.315 e. The van der Waals surface area contributed by atoms with Gasteiger partial charge in [0.15, 0.2) is 0 Å². The van der Waals surface area contributed by atoms with Gasteiger partial charge in [-0.1, -0.05) is 0 Å². The second-order valence-corrected chi connectivity index (χ2v) is 4.75. The molecule has 21 heavy (non-hydrogen) atoms. The van der Waals surface area contributed by atoms with Crippen LogP contribution < -0.4 is 25.4 Å². The smallest absolute Gasteiger partial charge is 0.315 e. The summed E-state index contributed by atoms with van der Waals surface area (Å²) in [7, 11) is 3.15. The SMILES string of the molecule is COc1ccc(OC)c([C@@H](C)NC(=O)[C@H]2CNC(=O)N2)c1. The fourth-order valence-electron chi connectivity index (χ4n) is 2.18. The Balaban J connectivity index is 2.10. The Labute approximate surface area is 123 Å². The molecular formula is C14H19N3O4. The third-order valence-electron chi connectivity index (χ3n) is 3.35. The summed E-state index contributed by atoms with van der Waals surface area (Å²) in [5, 5.41) is 7.95. The summed E-state index contributed by atoms with van der Waals surface area (Å²) in [5.74, 6) is 1.10. The molecule has 0 bridgehead atoms. The lowest BCUT2D eigenvalue weighted by Crippen LogP contribution is -2.43. The maximum atomic E-state index is 12.1. The van der Waals surface area contributed by atoms with E-state index in [1.165, 1.54) is 0 Å². The molecule has 3 N–H and O–H groups in total. The number of methoxy groups -OCH3 is 2. The fourth-order valence-corrected chi connectivity index (χ4v) is 2.18. The molecule has 1 heterocycles. The molecule has 0 saturated carbocycles. The van der Waals surface area contributed by atoms with Crippen molar-refractivity contribution in [3.63, 3.8) is 0 Å². The first-order valence-corrected chi connectivity index (χ1v) is 6.61. The molecule has 0 unspecified atom stereocenters. The summed E-state index contributed by atoms with van der Waals surface area (Å²) in [6.07, 6.45) is 0. The van der Waals surface area contributed by atoms with Crippen molar-refractivity contribution in [3.8, 4) is 11.5 Å². The van der Waals surface area contributed by atoms with Crippen molar-refractivity contribution in [2.45, 2.75) is 19.0 Å². The van der Waals surface area contributed by atoms with E-state index in [1.54, 1.807) is 26.4 Å². The Kier molecular flexibility index (Phi) is 4.52. The first-order valence-electron chi connectivity index (χ1n) is 6.61. The highest BCUT2D eigenvalue weighted by Crippen LogP contribution is 2.29. The quantitative estimate of drug-likeness (QED) is 0.740. The monoisotopic (exact) mass is 293 g/mol. The Morgan fingerprint density at radius 3 is 2.71 bits per heavy atom. The molecule has 0 radical (unpaired) electrons. The van der Waals surface area contributed by atoms with Crippen LogP contribution in [0.15, 0.2) is 18.2 Å². The number of nitrogens with one attached hydrogen (secondary N) is 3. The largest absolute Gasteiger partial charge is 0.497 e. The van der Waals surface area contributed by atoms with E-state index < -0.39 is 6.04 Å². The summed E-state index contributed by atoms with van der Waals surface area (Å²) in [4.78, 5) is 23.1. The first-order chi connectivity index (χ1) is 10.0. The summed E-state index contributed by atoms with van der Waals surface area (Å²) < 4.78 is 10.5. The minimum atomic E-state index is -0.559.